The number of hydrogen-bond donors (Lipinski definition) is 2. The van der Waals surface area contributed by atoms with Gasteiger partial charge in [0.15, 0.2) is 5.12 Å². The van der Waals surface area contributed by atoms with Gasteiger partial charge in [-0.3, -0.25) is 19.1 Å². The number of nitrogens with zero attached hydrogens (tertiary/aromatic N) is 1. The predicted molar refractivity (Wildman–Crippen MR) is 69.0 cm³/mol. The van der Waals surface area contributed by atoms with Gasteiger partial charge in [0.2, 0.25) is 0 Å². The first-order chi connectivity index (χ1) is 8.97. The molecule has 19 heavy (non-hydrogen) atoms. The lowest BCUT2D eigenvalue weighted by molar-refractivity contribution is -0.109. The van der Waals surface area contributed by atoms with Gasteiger partial charge in [0.05, 0.1) is 12.2 Å². The second-order valence-electron chi connectivity index (χ2n) is 4.25. The zero-order valence-corrected chi connectivity index (χ0v) is 11.1. The number of aromatic nitrogens is 2. The number of nitrogens with one attached hydrogen (secondary N) is 1. The number of H-pyrrole nitrogens is 1. The fourth-order valence-corrected chi connectivity index (χ4v) is 2.59. The lowest BCUT2D eigenvalue weighted by Crippen LogP contribution is -2.31. The van der Waals surface area contributed by atoms with Gasteiger partial charge >= 0.3 is 5.69 Å². The lowest BCUT2D eigenvalue weighted by Gasteiger charge is -2.14. The third-order valence-electron chi connectivity index (χ3n) is 2.82. The van der Waals surface area contributed by atoms with E-state index in [0.717, 1.165) is 11.8 Å². The number of ether oxygens (including phenoxy) is 1. The van der Waals surface area contributed by atoms with Gasteiger partial charge in [-0.2, -0.15) is 0 Å². The minimum absolute atomic E-state index is 0.0551. The van der Waals surface area contributed by atoms with Crippen LogP contribution >= 0.6 is 11.8 Å². The van der Waals surface area contributed by atoms with Crippen LogP contribution in [-0.4, -0.2) is 37.7 Å². The molecule has 0 amide bonds. The summed E-state index contributed by atoms with van der Waals surface area (Å²) >= 11 is 1.07. The standard InChI is InChI=1S/C11H14N2O5S/c1-6(14)19-5-8-7(15)4-10(18-8)13-3-2-9(16)12-11(13)17/h2-3,7-8,10,15H,4-5H2,1H3,(H,12,16,17)/t7-,8+,10+/m0/s1. The highest BCUT2D eigenvalue weighted by atomic mass is 32.2. The van der Waals surface area contributed by atoms with Crippen LogP contribution in [0.2, 0.25) is 0 Å². The summed E-state index contributed by atoms with van der Waals surface area (Å²) in [6.45, 7) is 1.44. The van der Waals surface area contributed by atoms with E-state index in [-0.39, 0.29) is 11.5 Å². The number of carbonyl (C=O) groups is 1. The summed E-state index contributed by atoms with van der Waals surface area (Å²) in [6, 6.07) is 1.22. The van der Waals surface area contributed by atoms with Crippen molar-refractivity contribution in [2.75, 3.05) is 5.75 Å². The summed E-state index contributed by atoms with van der Waals surface area (Å²) in [6.07, 6.45) is -0.293. The van der Waals surface area contributed by atoms with Crippen LogP contribution in [0, 0.1) is 0 Å². The first-order valence-corrected chi connectivity index (χ1v) is 6.74. The van der Waals surface area contributed by atoms with Crippen LogP contribution in [0.25, 0.3) is 0 Å². The Balaban J connectivity index is 2.09. The molecule has 1 aromatic rings. The Morgan fingerprint density at radius 2 is 2.37 bits per heavy atom. The molecule has 2 heterocycles. The topological polar surface area (TPSA) is 101 Å². The fraction of sp³-hybridized carbons (Fsp3) is 0.545. The molecular weight excluding hydrogens is 272 g/mol. The number of aliphatic hydroxyl groups is 1. The molecule has 0 aliphatic carbocycles. The van der Waals surface area contributed by atoms with E-state index >= 15 is 0 Å². The maximum absolute atomic E-state index is 11.6. The van der Waals surface area contributed by atoms with E-state index < -0.39 is 29.7 Å². The monoisotopic (exact) mass is 286 g/mol. The van der Waals surface area contributed by atoms with Crippen molar-refractivity contribution in [3.63, 3.8) is 0 Å². The van der Waals surface area contributed by atoms with Gasteiger partial charge in [0.25, 0.3) is 5.56 Å². The number of aliphatic hydroxyl groups excluding tert-OH is 1. The van der Waals surface area contributed by atoms with Gasteiger partial charge in [0.1, 0.15) is 6.23 Å². The molecule has 2 N–H and O–H groups in total. The van der Waals surface area contributed by atoms with E-state index in [2.05, 4.69) is 4.98 Å². The molecule has 1 saturated heterocycles. The summed E-state index contributed by atoms with van der Waals surface area (Å²) in [7, 11) is 0. The van der Waals surface area contributed by atoms with Crippen molar-refractivity contribution in [3.05, 3.63) is 33.1 Å². The normalized spacial score (nSPS) is 26.5. The molecule has 0 spiro atoms. The van der Waals surface area contributed by atoms with Gasteiger partial charge < -0.3 is 9.84 Å². The summed E-state index contributed by atoms with van der Waals surface area (Å²) in [4.78, 5) is 35.6. The number of rotatable bonds is 3. The van der Waals surface area contributed by atoms with E-state index in [1.165, 1.54) is 23.8 Å². The molecule has 1 aliphatic rings. The lowest BCUT2D eigenvalue weighted by atomic mass is 10.2. The summed E-state index contributed by atoms with van der Waals surface area (Å²) in [5.41, 5.74) is -1.06. The fourth-order valence-electron chi connectivity index (χ4n) is 1.89. The number of aromatic amines is 1. The molecule has 1 aliphatic heterocycles. The van der Waals surface area contributed by atoms with Crippen molar-refractivity contribution in [3.8, 4) is 0 Å². The zero-order valence-electron chi connectivity index (χ0n) is 10.2. The molecule has 2 rings (SSSR count). The second kappa shape index (κ2) is 5.72. The average Bonchev–Trinajstić information content (AvgIpc) is 2.67. The molecule has 7 nitrogen and oxygen atoms in total. The Morgan fingerprint density at radius 1 is 1.63 bits per heavy atom. The van der Waals surface area contributed by atoms with Crippen molar-refractivity contribution < 1.29 is 14.6 Å². The molecule has 0 radical (unpaired) electrons. The maximum Gasteiger partial charge on any atom is 0.330 e. The number of thioether (sulfide) groups is 1. The Kier molecular flexibility index (Phi) is 4.23. The Hall–Kier alpha value is -1.38. The van der Waals surface area contributed by atoms with Crippen molar-refractivity contribution in [2.45, 2.75) is 31.8 Å². The van der Waals surface area contributed by atoms with Gasteiger partial charge in [-0.15, -0.1) is 0 Å². The Labute approximate surface area is 112 Å². The second-order valence-corrected chi connectivity index (χ2v) is 5.45. The molecular formula is C11H14N2O5S. The van der Waals surface area contributed by atoms with Crippen LogP contribution in [0.5, 0.6) is 0 Å². The van der Waals surface area contributed by atoms with E-state index in [9.17, 15) is 19.5 Å². The van der Waals surface area contributed by atoms with Crippen LogP contribution < -0.4 is 11.2 Å². The van der Waals surface area contributed by atoms with Crippen molar-refractivity contribution in [1.29, 1.82) is 0 Å². The molecule has 0 aromatic carbocycles. The van der Waals surface area contributed by atoms with Crippen LogP contribution in [0.15, 0.2) is 21.9 Å². The molecule has 104 valence electrons. The highest BCUT2D eigenvalue weighted by Crippen LogP contribution is 2.29. The molecule has 0 unspecified atom stereocenters. The Morgan fingerprint density at radius 3 is 3.00 bits per heavy atom. The zero-order chi connectivity index (χ0) is 14.0. The Bertz CT molecular complexity index is 581. The van der Waals surface area contributed by atoms with Gasteiger partial charge in [-0.05, 0) is 0 Å². The molecule has 0 bridgehead atoms. The van der Waals surface area contributed by atoms with Gasteiger partial charge in [0, 0.05) is 31.4 Å². The van der Waals surface area contributed by atoms with Crippen LogP contribution in [0.4, 0.5) is 0 Å². The summed E-state index contributed by atoms with van der Waals surface area (Å²) in [5, 5.41) is 9.79. The van der Waals surface area contributed by atoms with E-state index in [0.29, 0.717) is 5.75 Å². The van der Waals surface area contributed by atoms with Crippen molar-refractivity contribution >= 4 is 16.9 Å². The number of hydrogen-bond acceptors (Lipinski definition) is 6. The summed E-state index contributed by atoms with van der Waals surface area (Å²) < 4.78 is 6.77. The quantitative estimate of drug-likeness (QED) is 0.774. The van der Waals surface area contributed by atoms with E-state index in [4.69, 9.17) is 4.74 Å². The van der Waals surface area contributed by atoms with Gasteiger partial charge in [-0.25, -0.2) is 4.79 Å². The van der Waals surface area contributed by atoms with Crippen molar-refractivity contribution in [1.82, 2.24) is 9.55 Å². The largest absolute Gasteiger partial charge is 0.390 e. The first kappa shape index (κ1) is 14.0. The summed E-state index contributed by atoms with van der Waals surface area (Å²) in [5.74, 6) is 0.338. The minimum atomic E-state index is -0.740. The molecule has 0 saturated carbocycles. The van der Waals surface area contributed by atoms with Crippen LogP contribution in [-0.2, 0) is 9.53 Å². The smallest absolute Gasteiger partial charge is 0.330 e. The highest BCUT2D eigenvalue weighted by molar-refractivity contribution is 8.13. The maximum atomic E-state index is 11.6. The molecule has 1 aromatic heterocycles. The third kappa shape index (κ3) is 3.34. The molecule has 1 fully saturated rings. The average molecular weight is 286 g/mol. The minimum Gasteiger partial charge on any atom is -0.390 e. The SMILES string of the molecule is CC(=O)SC[C@H]1O[C@@H](n2ccc(=O)[nH]c2=O)C[C@@H]1O. The molecule has 8 heteroatoms. The van der Waals surface area contributed by atoms with Crippen LogP contribution in [0.1, 0.15) is 19.6 Å². The predicted octanol–water partition coefficient (Wildman–Crippen LogP) is -0.535. The first-order valence-electron chi connectivity index (χ1n) is 5.75. The highest BCUT2D eigenvalue weighted by Gasteiger charge is 2.35. The molecule has 3 atom stereocenters. The van der Waals surface area contributed by atoms with E-state index in [1.54, 1.807) is 0 Å². The van der Waals surface area contributed by atoms with Crippen molar-refractivity contribution in [2.24, 2.45) is 0 Å². The third-order valence-corrected chi connectivity index (χ3v) is 3.72. The number of carbonyl (C=O) groups excluding carboxylic acids is 1. The van der Waals surface area contributed by atoms with Gasteiger partial charge in [-0.1, -0.05) is 11.8 Å². The van der Waals surface area contributed by atoms with E-state index in [1.807, 2.05) is 0 Å². The van der Waals surface area contributed by atoms with Crippen LogP contribution in [0.3, 0.4) is 0 Å².